The first-order valence-corrected chi connectivity index (χ1v) is 9.55. The summed E-state index contributed by atoms with van der Waals surface area (Å²) in [5.41, 5.74) is 7.49. The Labute approximate surface area is 186 Å². The van der Waals surface area contributed by atoms with Crippen LogP contribution in [0.1, 0.15) is 11.4 Å². The normalized spacial score (nSPS) is 10.4. The lowest BCUT2D eigenvalue weighted by molar-refractivity contribution is 1.06. The molecule has 0 aliphatic rings. The van der Waals surface area contributed by atoms with Gasteiger partial charge >= 0.3 is 0 Å². The molecule has 0 aliphatic carbocycles. The molecule has 0 unspecified atom stereocenters. The van der Waals surface area contributed by atoms with Crippen molar-refractivity contribution < 1.29 is 0 Å². The van der Waals surface area contributed by atoms with Crippen LogP contribution < -0.4 is 11.1 Å². The van der Waals surface area contributed by atoms with Gasteiger partial charge in [-0.05, 0) is 25.1 Å². The van der Waals surface area contributed by atoms with Gasteiger partial charge in [0.05, 0.1) is 31.9 Å². The van der Waals surface area contributed by atoms with Crippen LogP contribution in [0.5, 0.6) is 0 Å². The van der Waals surface area contributed by atoms with E-state index in [1.165, 1.54) is 11.3 Å². The lowest BCUT2D eigenvalue weighted by Crippen LogP contribution is -2.01. The van der Waals surface area contributed by atoms with E-state index < -0.39 is 0 Å². The number of aryl methyl sites for hydroxylation is 1. The van der Waals surface area contributed by atoms with Gasteiger partial charge in [-0.3, -0.25) is 0 Å². The number of thiazole rings is 1. The van der Waals surface area contributed by atoms with Gasteiger partial charge in [0.15, 0.2) is 5.82 Å². The first-order valence-electron chi connectivity index (χ1n) is 7.98. The maximum absolute atomic E-state index is 9.06. The predicted molar refractivity (Wildman–Crippen MR) is 119 cm³/mol. The number of nitrogens with two attached hydrogens (primary N) is 1. The molecule has 0 saturated heterocycles. The molecule has 29 heavy (non-hydrogen) atoms. The molecule has 0 spiro atoms. The first kappa shape index (κ1) is 21.0. The smallest absolute Gasteiger partial charge is 0.151 e. The number of nitrogen functional groups attached to an aromatic ring is 1. The Balaban J connectivity index is 0.00000240. The second-order valence-corrected chi connectivity index (χ2v) is 7.62. The third-order valence-electron chi connectivity index (χ3n) is 3.79. The molecule has 0 fully saturated rings. The average molecular weight is 465 g/mol. The molecule has 1 aromatic carbocycles. The Kier molecular flexibility index (Phi) is 6.05. The van der Waals surface area contributed by atoms with Crippen molar-refractivity contribution in [2.45, 2.75) is 6.92 Å². The highest BCUT2D eigenvalue weighted by Crippen LogP contribution is 2.41. The average Bonchev–Trinajstić information content (AvgIpc) is 3.05. The zero-order valence-electron chi connectivity index (χ0n) is 14.8. The number of pyridine rings is 1. The summed E-state index contributed by atoms with van der Waals surface area (Å²) < 4.78 is 0.809. The van der Waals surface area contributed by atoms with Gasteiger partial charge in [0, 0.05) is 17.8 Å². The van der Waals surface area contributed by atoms with Gasteiger partial charge in [-0.15, -0.1) is 23.7 Å². The highest BCUT2D eigenvalue weighted by Gasteiger charge is 2.17. The van der Waals surface area contributed by atoms with Crippen LogP contribution >= 0.6 is 46.9 Å². The summed E-state index contributed by atoms with van der Waals surface area (Å²) in [6, 6.07) is 8.59. The first-order chi connectivity index (χ1) is 13.4. The van der Waals surface area contributed by atoms with E-state index in [9.17, 15) is 0 Å². The number of anilines is 3. The van der Waals surface area contributed by atoms with Crippen LogP contribution in [0.2, 0.25) is 10.0 Å². The summed E-state index contributed by atoms with van der Waals surface area (Å²) in [5, 5.41) is 13.6. The van der Waals surface area contributed by atoms with Crippen molar-refractivity contribution in [1.82, 2.24) is 19.9 Å². The van der Waals surface area contributed by atoms with E-state index in [0.29, 0.717) is 49.5 Å². The van der Waals surface area contributed by atoms with E-state index in [1.807, 2.05) is 6.07 Å². The number of aromatic nitrogens is 4. The highest BCUT2D eigenvalue weighted by molar-refractivity contribution is 7.22. The molecule has 11 heteroatoms. The maximum Gasteiger partial charge on any atom is 0.151 e. The number of fused-ring (bicyclic) bond motifs is 1. The standard InChI is InChI=1S/C18H11Cl2N7S.ClH/c1-8-24-13(22)6-14(25-8)27-17-16-12(2-3-23-17)26-18(28-16)15-10(19)4-9(7-21)5-11(15)20;/h2-6H,1H3,(H3,22,23,24,25,27);1H. The lowest BCUT2D eigenvalue weighted by atomic mass is 10.1. The molecule has 7 nitrogen and oxygen atoms in total. The van der Waals surface area contributed by atoms with Crippen molar-refractivity contribution in [3.8, 4) is 16.6 Å². The van der Waals surface area contributed by atoms with E-state index in [4.69, 9.17) is 34.2 Å². The fourth-order valence-electron chi connectivity index (χ4n) is 2.67. The van der Waals surface area contributed by atoms with Gasteiger partial charge in [0.2, 0.25) is 0 Å². The topological polar surface area (TPSA) is 113 Å². The van der Waals surface area contributed by atoms with Crippen molar-refractivity contribution in [3.05, 3.63) is 51.9 Å². The van der Waals surface area contributed by atoms with Gasteiger partial charge in [-0.2, -0.15) is 5.26 Å². The van der Waals surface area contributed by atoms with Crippen LogP contribution in [0.4, 0.5) is 17.5 Å². The minimum absolute atomic E-state index is 0. The SMILES string of the molecule is Cc1nc(N)cc(Nc2nccc3nc(-c4c(Cl)cc(C#N)cc4Cl)sc23)n1.Cl. The molecule has 146 valence electrons. The molecular weight excluding hydrogens is 453 g/mol. The second-order valence-electron chi connectivity index (χ2n) is 5.80. The van der Waals surface area contributed by atoms with Crippen LogP contribution in [-0.4, -0.2) is 19.9 Å². The molecule has 0 aliphatic heterocycles. The minimum atomic E-state index is 0. The zero-order valence-corrected chi connectivity index (χ0v) is 17.9. The Hall–Kier alpha value is -2.70. The summed E-state index contributed by atoms with van der Waals surface area (Å²) in [6.07, 6.45) is 1.65. The summed E-state index contributed by atoms with van der Waals surface area (Å²) >= 11 is 14.1. The number of nitriles is 1. The fraction of sp³-hybridized carbons (Fsp3) is 0.0556. The molecule has 0 bridgehead atoms. The van der Waals surface area contributed by atoms with Crippen LogP contribution in [0, 0.1) is 18.3 Å². The molecule has 4 rings (SSSR count). The molecular formula is C18H12Cl3N7S. The summed E-state index contributed by atoms with van der Waals surface area (Å²) in [7, 11) is 0. The third kappa shape index (κ3) is 4.18. The van der Waals surface area contributed by atoms with Gasteiger partial charge in [0.1, 0.15) is 22.5 Å². The highest BCUT2D eigenvalue weighted by atomic mass is 35.5. The quantitative estimate of drug-likeness (QED) is 0.418. The monoisotopic (exact) mass is 463 g/mol. The molecule has 3 N–H and O–H groups in total. The maximum atomic E-state index is 9.06. The number of benzene rings is 1. The van der Waals surface area contributed by atoms with Crippen molar-refractivity contribution in [3.63, 3.8) is 0 Å². The molecule has 0 saturated carbocycles. The third-order valence-corrected chi connectivity index (χ3v) is 5.49. The van der Waals surface area contributed by atoms with Crippen LogP contribution in [-0.2, 0) is 0 Å². The molecule has 0 amide bonds. The van der Waals surface area contributed by atoms with Gasteiger partial charge in [-0.25, -0.2) is 19.9 Å². The number of nitrogens with zero attached hydrogens (tertiary/aromatic N) is 5. The number of nitrogens with one attached hydrogen (secondary N) is 1. The molecule has 3 aromatic heterocycles. The van der Waals surface area contributed by atoms with E-state index in [2.05, 4.69) is 25.3 Å². The van der Waals surface area contributed by atoms with Crippen LogP contribution in [0.25, 0.3) is 20.8 Å². The summed E-state index contributed by atoms with van der Waals surface area (Å²) in [5.74, 6) is 2.04. The van der Waals surface area contributed by atoms with Crippen LogP contribution in [0.15, 0.2) is 30.5 Å². The van der Waals surface area contributed by atoms with Crippen molar-refractivity contribution in [2.24, 2.45) is 0 Å². The van der Waals surface area contributed by atoms with E-state index in [-0.39, 0.29) is 12.4 Å². The van der Waals surface area contributed by atoms with Crippen molar-refractivity contribution in [1.29, 1.82) is 5.26 Å². The van der Waals surface area contributed by atoms with Gasteiger partial charge in [-0.1, -0.05) is 23.2 Å². The minimum Gasteiger partial charge on any atom is -0.384 e. The van der Waals surface area contributed by atoms with Crippen LogP contribution in [0.3, 0.4) is 0 Å². The fourth-order valence-corrected chi connectivity index (χ4v) is 4.53. The molecule has 0 radical (unpaired) electrons. The largest absolute Gasteiger partial charge is 0.384 e. The Morgan fingerprint density at radius 2 is 1.86 bits per heavy atom. The Morgan fingerprint density at radius 1 is 1.14 bits per heavy atom. The summed E-state index contributed by atoms with van der Waals surface area (Å²) in [6.45, 7) is 1.76. The zero-order chi connectivity index (χ0) is 19.8. The Bertz CT molecular complexity index is 1220. The lowest BCUT2D eigenvalue weighted by Gasteiger charge is -2.06. The number of hydrogen-bond donors (Lipinski definition) is 2. The number of halogens is 3. The van der Waals surface area contributed by atoms with Gasteiger partial charge in [0.25, 0.3) is 0 Å². The number of rotatable bonds is 3. The summed E-state index contributed by atoms with van der Waals surface area (Å²) in [4.78, 5) is 17.4. The Morgan fingerprint density at radius 3 is 2.52 bits per heavy atom. The molecule has 4 aromatic rings. The molecule has 0 atom stereocenters. The molecule has 3 heterocycles. The van der Waals surface area contributed by atoms with E-state index >= 15 is 0 Å². The van der Waals surface area contributed by atoms with Gasteiger partial charge < -0.3 is 11.1 Å². The predicted octanol–water partition coefficient (Wildman–Crippen LogP) is 5.38. The van der Waals surface area contributed by atoms with E-state index in [0.717, 1.165) is 10.2 Å². The van der Waals surface area contributed by atoms with Crippen molar-refractivity contribution >= 4 is 74.6 Å². The second kappa shape index (κ2) is 8.35. The van der Waals surface area contributed by atoms with E-state index in [1.54, 1.807) is 37.4 Å². The number of hydrogen-bond acceptors (Lipinski definition) is 8. The van der Waals surface area contributed by atoms with Crippen molar-refractivity contribution in [2.75, 3.05) is 11.1 Å².